The zero-order chi connectivity index (χ0) is 13.3. The van der Waals surface area contributed by atoms with Gasteiger partial charge in [0.2, 0.25) is 0 Å². The van der Waals surface area contributed by atoms with E-state index in [0.29, 0.717) is 11.3 Å². The molecule has 6 heteroatoms. The molecule has 2 aromatic rings. The van der Waals surface area contributed by atoms with Crippen molar-refractivity contribution in [3.05, 3.63) is 41.3 Å². The molecule has 0 radical (unpaired) electrons. The second-order valence-electron chi connectivity index (χ2n) is 3.75. The van der Waals surface area contributed by atoms with E-state index in [-0.39, 0.29) is 10.9 Å². The molecule has 1 heterocycles. The van der Waals surface area contributed by atoms with Crippen molar-refractivity contribution in [2.75, 3.05) is 0 Å². The Kier molecular flexibility index (Phi) is 3.68. The fourth-order valence-corrected chi connectivity index (χ4v) is 2.94. The number of hydrogen-bond donors (Lipinski definition) is 1. The number of aliphatic hydroxyl groups is 1. The first kappa shape index (κ1) is 13.0. The van der Waals surface area contributed by atoms with Crippen molar-refractivity contribution in [3.63, 3.8) is 0 Å². The van der Waals surface area contributed by atoms with Crippen molar-refractivity contribution in [2.24, 2.45) is 7.05 Å². The van der Waals surface area contributed by atoms with E-state index in [1.165, 1.54) is 23.9 Å². The Morgan fingerprint density at radius 1 is 1.39 bits per heavy atom. The van der Waals surface area contributed by atoms with Crippen LogP contribution in [0.25, 0.3) is 0 Å². The standard InChI is InChI=1S/C12H11FN2OS2/c1-7-10(12(16)17)11(15(2)14-7)18-9-5-3-8(13)4-6-9/h3-6H,1-2H3,(H,16,17). The highest BCUT2D eigenvalue weighted by atomic mass is 32.2. The molecule has 0 bridgehead atoms. The van der Waals surface area contributed by atoms with Gasteiger partial charge in [-0.2, -0.15) is 5.10 Å². The zero-order valence-electron chi connectivity index (χ0n) is 9.85. The van der Waals surface area contributed by atoms with Gasteiger partial charge in [0.1, 0.15) is 10.8 Å². The number of aliphatic hydroxyl groups excluding tert-OH is 1. The van der Waals surface area contributed by atoms with Gasteiger partial charge in [0.15, 0.2) is 5.05 Å². The lowest BCUT2D eigenvalue weighted by molar-refractivity contribution is 0.568. The third-order valence-corrected chi connectivity index (χ3v) is 3.79. The Balaban J connectivity index is 2.39. The molecule has 0 unspecified atom stereocenters. The molecule has 1 aromatic heterocycles. The molecule has 18 heavy (non-hydrogen) atoms. The Morgan fingerprint density at radius 3 is 2.56 bits per heavy atom. The molecular formula is C12H11FN2OS2. The second kappa shape index (κ2) is 5.07. The third kappa shape index (κ3) is 2.54. The van der Waals surface area contributed by atoms with Gasteiger partial charge in [-0.05, 0) is 43.4 Å². The molecule has 0 saturated carbocycles. The van der Waals surface area contributed by atoms with E-state index in [1.807, 2.05) is 0 Å². The molecule has 0 saturated heterocycles. The van der Waals surface area contributed by atoms with Gasteiger partial charge < -0.3 is 5.11 Å². The maximum absolute atomic E-state index is 12.8. The summed E-state index contributed by atoms with van der Waals surface area (Å²) < 4.78 is 14.5. The summed E-state index contributed by atoms with van der Waals surface area (Å²) in [6.45, 7) is 1.78. The number of hydrogen-bond acceptors (Lipinski definition) is 3. The molecule has 1 aromatic carbocycles. The number of benzene rings is 1. The molecule has 2 rings (SSSR count). The molecule has 0 fully saturated rings. The molecule has 3 nitrogen and oxygen atoms in total. The average molecular weight is 282 g/mol. The van der Waals surface area contributed by atoms with E-state index < -0.39 is 0 Å². The Bertz CT molecular complexity index is 593. The summed E-state index contributed by atoms with van der Waals surface area (Å²) >= 11 is 6.20. The zero-order valence-corrected chi connectivity index (χ0v) is 11.5. The first-order chi connectivity index (χ1) is 8.49. The highest BCUT2D eigenvalue weighted by molar-refractivity contribution is 7.99. The molecule has 94 valence electrons. The Morgan fingerprint density at radius 2 is 2.00 bits per heavy atom. The first-order valence-corrected chi connectivity index (χ1v) is 6.42. The number of halogens is 1. The van der Waals surface area contributed by atoms with Crippen molar-refractivity contribution in [1.82, 2.24) is 9.78 Å². The van der Waals surface area contributed by atoms with Crippen LogP contribution in [0.3, 0.4) is 0 Å². The topological polar surface area (TPSA) is 38.0 Å². The minimum atomic E-state index is -0.279. The largest absolute Gasteiger partial charge is 0.498 e. The summed E-state index contributed by atoms with van der Waals surface area (Å²) in [7, 11) is 1.78. The van der Waals surface area contributed by atoms with Gasteiger partial charge in [0.25, 0.3) is 0 Å². The van der Waals surface area contributed by atoms with Gasteiger partial charge >= 0.3 is 0 Å². The summed E-state index contributed by atoms with van der Waals surface area (Å²) in [6.07, 6.45) is 0. The fourth-order valence-electron chi connectivity index (χ4n) is 1.61. The summed E-state index contributed by atoms with van der Waals surface area (Å²) in [5.41, 5.74) is 1.23. The molecule has 0 spiro atoms. The highest BCUT2D eigenvalue weighted by Crippen LogP contribution is 2.31. The van der Waals surface area contributed by atoms with Crippen LogP contribution >= 0.6 is 24.0 Å². The maximum Gasteiger partial charge on any atom is 0.193 e. The van der Waals surface area contributed by atoms with Gasteiger partial charge in [-0.25, -0.2) is 4.39 Å². The van der Waals surface area contributed by atoms with Crippen LogP contribution in [0.4, 0.5) is 4.39 Å². The molecule has 1 N–H and O–H groups in total. The number of nitrogens with zero attached hydrogens (tertiary/aromatic N) is 2. The lowest BCUT2D eigenvalue weighted by atomic mass is 10.3. The third-order valence-electron chi connectivity index (χ3n) is 2.41. The van der Waals surface area contributed by atoms with E-state index >= 15 is 0 Å². The van der Waals surface area contributed by atoms with Gasteiger partial charge in [0.05, 0.1) is 11.3 Å². The van der Waals surface area contributed by atoms with Gasteiger partial charge in [-0.15, -0.1) is 0 Å². The highest BCUT2D eigenvalue weighted by Gasteiger charge is 2.17. The van der Waals surface area contributed by atoms with Crippen molar-refractivity contribution in [2.45, 2.75) is 16.8 Å². The monoisotopic (exact) mass is 282 g/mol. The smallest absolute Gasteiger partial charge is 0.193 e. The van der Waals surface area contributed by atoms with E-state index in [2.05, 4.69) is 5.10 Å². The van der Waals surface area contributed by atoms with Crippen LogP contribution in [-0.2, 0) is 7.05 Å². The minimum Gasteiger partial charge on any atom is -0.498 e. The van der Waals surface area contributed by atoms with E-state index in [1.54, 1.807) is 30.8 Å². The van der Waals surface area contributed by atoms with Crippen molar-refractivity contribution in [1.29, 1.82) is 0 Å². The normalized spacial score (nSPS) is 10.6. The molecular weight excluding hydrogens is 271 g/mol. The van der Waals surface area contributed by atoms with Crippen LogP contribution in [0, 0.1) is 12.7 Å². The SMILES string of the molecule is Cc1nn(C)c(Sc2ccc(F)cc2)c1C(O)=S. The molecule has 0 atom stereocenters. The predicted molar refractivity (Wildman–Crippen MR) is 72.8 cm³/mol. The molecule has 0 aliphatic rings. The lowest BCUT2D eigenvalue weighted by Gasteiger charge is -2.04. The van der Waals surface area contributed by atoms with E-state index in [4.69, 9.17) is 12.2 Å². The van der Waals surface area contributed by atoms with Gasteiger partial charge in [-0.3, -0.25) is 4.68 Å². The average Bonchev–Trinajstić information content (AvgIpc) is 2.57. The van der Waals surface area contributed by atoms with Crippen molar-refractivity contribution >= 4 is 29.0 Å². The van der Waals surface area contributed by atoms with Crippen LogP contribution in [0.1, 0.15) is 11.3 Å². The number of aryl methyl sites for hydroxylation is 2. The summed E-state index contributed by atoms with van der Waals surface area (Å²) in [6, 6.07) is 6.13. The number of rotatable bonds is 3. The van der Waals surface area contributed by atoms with Crippen LogP contribution < -0.4 is 0 Å². The second-order valence-corrected chi connectivity index (χ2v) is 5.20. The summed E-state index contributed by atoms with van der Waals surface area (Å²) in [5.74, 6) is -0.279. The van der Waals surface area contributed by atoms with Crippen LogP contribution in [-0.4, -0.2) is 19.9 Å². The summed E-state index contributed by atoms with van der Waals surface area (Å²) in [4.78, 5) is 0.858. The molecule has 0 amide bonds. The Hall–Kier alpha value is -1.40. The Labute approximate surface area is 114 Å². The van der Waals surface area contributed by atoms with Crippen LogP contribution in [0.2, 0.25) is 0 Å². The van der Waals surface area contributed by atoms with Gasteiger partial charge in [-0.1, -0.05) is 11.8 Å². The molecule has 0 aliphatic carbocycles. The van der Waals surface area contributed by atoms with E-state index in [9.17, 15) is 9.50 Å². The molecule has 0 aliphatic heterocycles. The van der Waals surface area contributed by atoms with Crippen LogP contribution in [0.15, 0.2) is 34.2 Å². The van der Waals surface area contributed by atoms with Crippen LogP contribution in [0.5, 0.6) is 0 Å². The number of aromatic nitrogens is 2. The summed E-state index contributed by atoms with van der Waals surface area (Å²) in [5, 5.41) is 14.3. The van der Waals surface area contributed by atoms with E-state index in [0.717, 1.165) is 9.92 Å². The predicted octanol–water partition coefficient (Wildman–Crippen LogP) is 3.25. The maximum atomic E-state index is 12.8. The fraction of sp³-hybridized carbons (Fsp3) is 0.167. The van der Waals surface area contributed by atoms with Crippen molar-refractivity contribution < 1.29 is 9.50 Å². The van der Waals surface area contributed by atoms with Gasteiger partial charge in [0, 0.05) is 11.9 Å². The quantitative estimate of drug-likeness (QED) is 0.877. The van der Waals surface area contributed by atoms with Crippen molar-refractivity contribution in [3.8, 4) is 0 Å². The first-order valence-electron chi connectivity index (χ1n) is 5.19. The lowest BCUT2D eigenvalue weighted by Crippen LogP contribution is -1.99. The number of thiocarbonyl (C=S) groups is 1. The minimum absolute atomic E-state index is 0.176.